The van der Waals surface area contributed by atoms with E-state index >= 15 is 0 Å². The third kappa shape index (κ3) is 6.00. The van der Waals surface area contributed by atoms with Crippen molar-refractivity contribution in [2.75, 3.05) is 0 Å². The second-order valence-corrected chi connectivity index (χ2v) is 2.32. The van der Waals surface area contributed by atoms with Crippen LogP contribution in [0.25, 0.3) is 0 Å². The van der Waals surface area contributed by atoms with Crippen molar-refractivity contribution in [3.63, 3.8) is 0 Å². The molecule has 0 saturated heterocycles. The Hall–Kier alpha value is 0. The van der Waals surface area contributed by atoms with Crippen LogP contribution in [-0.4, -0.2) is 0 Å². The maximum atomic E-state index is 5.28. The minimum atomic E-state index is 0.823. The van der Waals surface area contributed by atoms with Gasteiger partial charge >= 0.3 is 0 Å². The van der Waals surface area contributed by atoms with Gasteiger partial charge in [-0.25, -0.2) is 0 Å². The average molecular weight is 98.2 g/mol. The molecule has 0 unspecified atom stereocenters. The molecule has 0 rings (SSSR count). The highest BCUT2D eigenvalue weighted by Crippen LogP contribution is 2.04. The molecule has 0 aromatic rings. The van der Waals surface area contributed by atoms with Gasteiger partial charge in [0.15, 0.2) is 0 Å². The molecule has 0 amide bonds. The van der Waals surface area contributed by atoms with Crippen molar-refractivity contribution < 1.29 is 0 Å². The largest absolute Gasteiger partial charge is 0.0628 e. The molecule has 0 aliphatic heterocycles. The molecule has 0 fully saturated rings. The molecule has 0 N–H and O–H groups in total. The second-order valence-electron chi connectivity index (χ2n) is 2.32. The van der Waals surface area contributed by atoms with E-state index in [9.17, 15) is 0 Å². The van der Waals surface area contributed by atoms with Crippen molar-refractivity contribution in [1.82, 2.24) is 0 Å². The number of hydrogen-bond donors (Lipinski definition) is 0. The van der Waals surface area contributed by atoms with Crippen molar-refractivity contribution in [2.24, 2.45) is 5.92 Å². The molecule has 0 heteroatoms. The first-order valence-electron chi connectivity index (χ1n) is 2.97. The second kappa shape index (κ2) is 4.17. The van der Waals surface area contributed by atoms with Gasteiger partial charge in [0, 0.05) is 0 Å². The summed E-state index contributed by atoms with van der Waals surface area (Å²) in [5, 5.41) is 0. The van der Waals surface area contributed by atoms with Gasteiger partial charge < -0.3 is 0 Å². The lowest BCUT2D eigenvalue weighted by Gasteiger charge is -1.98. The summed E-state index contributed by atoms with van der Waals surface area (Å²) in [6.45, 7) is 9.71. The molecule has 2 radical (unpaired) electrons. The fraction of sp³-hybridized carbons (Fsp3) is 0.857. The Labute approximate surface area is 46.9 Å². The quantitative estimate of drug-likeness (QED) is 0.509. The monoisotopic (exact) mass is 98.1 g/mol. The molecule has 0 nitrogen and oxygen atoms in total. The van der Waals surface area contributed by atoms with E-state index in [0.717, 1.165) is 12.3 Å². The zero-order valence-electron chi connectivity index (χ0n) is 5.28. The zero-order valence-corrected chi connectivity index (χ0v) is 5.28. The minimum absolute atomic E-state index is 0.823. The van der Waals surface area contributed by atoms with Crippen molar-refractivity contribution >= 4 is 0 Å². The first-order chi connectivity index (χ1) is 3.27. The van der Waals surface area contributed by atoms with Gasteiger partial charge in [-0.3, -0.25) is 0 Å². The van der Waals surface area contributed by atoms with E-state index in [2.05, 4.69) is 13.8 Å². The Morgan fingerprint density at radius 1 is 1.43 bits per heavy atom. The highest BCUT2D eigenvalue weighted by Gasteiger charge is 1.88. The summed E-state index contributed by atoms with van der Waals surface area (Å²) >= 11 is 0. The van der Waals surface area contributed by atoms with Gasteiger partial charge in [0.2, 0.25) is 0 Å². The lowest BCUT2D eigenvalue weighted by Crippen LogP contribution is -1.84. The third-order valence-electron chi connectivity index (χ3n) is 0.986. The molecular weight excluding hydrogens is 84.1 g/mol. The Kier molecular flexibility index (Phi) is 4.17. The smallest absolute Gasteiger partial charge is 0.0352 e. The molecule has 0 aliphatic rings. The molecule has 0 aromatic heterocycles. The molecule has 0 bridgehead atoms. The van der Waals surface area contributed by atoms with Gasteiger partial charge in [-0.1, -0.05) is 26.7 Å². The van der Waals surface area contributed by atoms with Crippen LogP contribution < -0.4 is 0 Å². The summed E-state index contributed by atoms with van der Waals surface area (Å²) in [5.74, 6) is 0.823. The highest BCUT2D eigenvalue weighted by atomic mass is 13.9. The van der Waals surface area contributed by atoms with Crippen molar-refractivity contribution in [2.45, 2.75) is 33.1 Å². The predicted octanol–water partition coefficient (Wildman–Crippen LogP) is 2.52. The van der Waals surface area contributed by atoms with E-state index in [4.69, 9.17) is 6.92 Å². The van der Waals surface area contributed by atoms with Gasteiger partial charge in [0.05, 0.1) is 0 Å². The van der Waals surface area contributed by atoms with Gasteiger partial charge in [0.1, 0.15) is 0 Å². The molecule has 0 atom stereocenters. The van der Waals surface area contributed by atoms with E-state index in [-0.39, 0.29) is 0 Å². The van der Waals surface area contributed by atoms with Gasteiger partial charge in [-0.05, 0) is 19.3 Å². The Morgan fingerprint density at radius 3 is 2.14 bits per heavy atom. The predicted molar refractivity (Wildman–Crippen MR) is 33.0 cm³/mol. The molecule has 42 valence electrons. The summed E-state index contributed by atoms with van der Waals surface area (Å²) in [6.07, 6.45) is 3.30. The van der Waals surface area contributed by atoms with Crippen LogP contribution in [0.1, 0.15) is 33.1 Å². The van der Waals surface area contributed by atoms with Crippen LogP contribution in [-0.2, 0) is 0 Å². The minimum Gasteiger partial charge on any atom is -0.0628 e. The van der Waals surface area contributed by atoms with Crippen LogP contribution in [0.5, 0.6) is 0 Å². The van der Waals surface area contributed by atoms with Gasteiger partial charge in [-0.15, -0.1) is 0 Å². The first-order valence-corrected chi connectivity index (χ1v) is 2.97. The van der Waals surface area contributed by atoms with Crippen molar-refractivity contribution in [1.29, 1.82) is 0 Å². The van der Waals surface area contributed by atoms with Crippen molar-refractivity contribution in [3.05, 3.63) is 6.92 Å². The van der Waals surface area contributed by atoms with Crippen LogP contribution in [0.2, 0.25) is 0 Å². The Balaban J connectivity index is 2.68. The molecule has 0 heterocycles. The van der Waals surface area contributed by atoms with E-state index < -0.39 is 0 Å². The van der Waals surface area contributed by atoms with E-state index in [0.29, 0.717) is 0 Å². The fourth-order valence-electron chi connectivity index (χ4n) is 0.526. The summed E-state index contributed by atoms with van der Waals surface area (Å²) in [4.78, 5) is 0. The molecule has 0 spiro atoms. The fourth-order valence-corrected chi connectivity index (χ4v) is 0.526. The van der Waals surface area contributed by atoms with Gasteiger partial charge in [-0.2, -0.15) is 0 Å². The number of rotatable bonds is 3. The van der Waals surface area contributed by atoms with E-state index in [1.807, 2.05) is 0 Å². The summed E-state index contributed by atoms with van der Waals surface area (Å²) in [7, 11) is 0. The van der Waals surface area contributed by atoms with E-state index in [1.165, 1.54) is 12.8 Å². The molecule has 0 saturated carbocycles. The lowest BCUT2D eigenvalue weighted by molar-refractivity contribution is 0.559. The van der Waals surface area contributed by atoms with Crippen LogP contribution in [0.15, 0.2) is 0 Å². The summed E-state index contributed by atoms with van der Waals surface area (Å²) < 4.78 is 0. The normalized spacial score (nSPS) is 10.3. The summed E-state index contributed by atoms with van der Waals surface area (Å²) in [6, 6.07) is 0. The SMILES string of the molecule is [CH]CCCC(C)C. The van der Waals surface area contributed by atoms with E-state index in [1.54, 1.807) is 0 Å². The Morgan fingerprint density at radius 2 is 2.00 bits per heavy atom. The van der Waals surface area contributed by atoms with Crippen LogP contribution in [0, 0.1) is 12.8 Å². The van der Waals surface area contributed by atoms with Gasteiger partial charge in [0.25, 0.3) is 0 Å². The lowest BCUT2D eigenvalue weighted by atomic mass is 10.1. The number of hydrogen-bond acceptors (Lipinski definition) is 0. The van der Waals surface area contributed by atoms with Crippen LogP contribution >= 0.6 is 0 Å². The Bertz CT molecular complexity index is 29.0. The molecule has 7 heavy (non-hydrogen) atoms. The highest BCUT2D eigenvalue weighted by molar-refractivity contribution is 4.46. The maximum absolute atomic E-state index is 5.28. The molecule has 0 aliphatic carbocycles. The first kappa shape index (κ1) is 7.00. The molecular formula is C7H14. The van der Waals surface area contributed by atoms with Crippen LogP contribution in [0.4, 0.5) is 0 Å². The maximum Gasteiger partial charge on any atom is -0.0352 e. The average Bonchev–Trinajstić information content (AvgIpc) is 1.61. The standard InChI is InChI=1S/C7H14/c1-4-5-6-7(2)3/h1,7H,4-6H2,2-3H3. The molecule has 0 aromatic carbocycles. The van der Waals surface area contributed by atoms with Crippen LogP contribution in [0.3, 0.4) is 0 Å². The zero-order chi connectivity index (χ0) is 5.70. The van der Waals surface area contributed by atoms with Crippen molar-refractivity contribution in [3.8, 4) is 0 Å². The summed E-state index contributed by atoms with van der Waals surface area (Å²) in [5.41, 5.74) is 0. The topological polar surface area (TPSA) is 0 Å². The third-order valence-corrected chi connectivity index (χ3v) is 0.986. The number of unbranched alkanes of at least 4 members (excludes halogenated alkanes) is 1.